The molecule has 9 nitrogen and oxygen atoms in total. The number of benzene rings is 1. The second-order valence-corrected chi connectivity index (χ2v) is 9.29. The van der Waals surface area contributed by atoms with Crippen LogP contribution in [0.3, 0.4) is 0 Å². The molecular formula is C25H33N7O2. The fourth-order valence-electron chi connectivity index (χ4n) is 4.63. The Hall–Kier alpha value is -3.49. The highest BCUT2D eigenvalue weighted by atomic mass is 16.2. The van der Waals surface area contributed by atoms with E-state index < -0.39 is 6.04 Å². The highest BCUT2D eigenvalue weighted by molar-refractivity contribution is 6.00. The number of anilines is 1. The lowest BCUT2D eigenvalue weighted by Gasteiger charge is -2.26. The van der Waals surface area contributed by atoms with Gasteiger partial charge in [-0.1, -0.05) is 25.7 Å². The van der Waals surface area contributed by atoms with E-state index in [1.807, 2.05) is 49.7 Å². The third kappa shape index (κ3) is 5.35. The number of nitrogens with one attached hydrogen (secondary N) is 2. The van der Waals surface area contributed by atoms with Gasteiger partial charge in [0.15, 0.2) is 5.82 Å². The molecular weight excluding hydrogens is 430 g/mol. The standard InChI is InChI=1S/C25H33N7O2/c1-17(2)32-21(14-15-27-32)24(33)29-22(18-8-6-4-5-7-9-18)25(34)28-20-12-10-19(11-13-20)23-30-26-16-31(23)3/h10-18,22H,4-9H2,1-3H3,(H,28,34)(H,29,33). The summed E-state index contributed by atoms with van der Waals surface area (Å²) in [7, 11) is 1.89. The molecule has 0 aliphatic heterocycles. The van der Waals surface area contributed by atoms with Crippen LogP contribution in [-0.2, 0) is 11.8 Å². The van der Waals surface area contributed by atoms with Crippen LogP contribution >= 0.6 is 0 Å². The van der Waals surface area contributed by atoms with Crippen LogP contribution in [-0.4, -0.2) is 42.4 Å². The van der Waals surface area contributed by atoms with Crippen molar-refractivity contribution in [3.8, 4) is 11.4 Å². The normalized spacial score (nSPS) is 15.6. The number of hydrogen-bond donors (Lipinski definition) is 2. The Labute approximate surface area is 200 Å². The lowest BCUT2D eigenvalue weighted by molar-refractivity contribution is -0.119. The van der Waals surface area contributed by atoms with E-state index in [0.717, 1.165) is 37.1 Å². The smallest absolute Gasteiger partial charge is 0.270 e. The monoisotopic (exact) mass is 463 g/mol. The summed E-state index contributed by atoms with van der Waals surface area (Å²) in [5.74, 6) is 0.388. The largest absolute Gasteiger partial charge is 0.339 e. The van der Waals surface area contributed by atoms with E-state index in [0.29, 0.717) is 11.4 Å². The summed E-state index contributed by atoms with van der Waals surface area (Å²) in [6, 6.07) is 8.64. The van der Waals surface area contributed by atoms with E-state index in [2.05, 4.69) is 25.9 Å². The zero-order valence-electron chi connectivity index (χ0n) is 20.1. The van der Waals surface area contributed by atoms with Crippen LogP contribution in [0.15, 0.2) is 42.9 Å². The third-order valence-electron chi connectivity index (χ3n) is 6.45. The van der Waals surface area contributed by atoms with Crippen molar-refractivity contribution in [2.45, 2.75) is 64.5 Å². The van der Waals surface area contributed by atoms with Gasteiger partial charge < -0.3 is 15.2 Å². The van der Waals surface area contributed by atoms with Crippen molar-refractivity contribution in [1.29, 1.82) is 0 Å². The van der Waals surface area contributed by atoms with Crippen LogP contribution in [0.5, 0.6) is 0 Å². The minimum absolute atomic E-state index is 0.0494. The van der Waals surface area contributed by atoms with Gasteiger partial charge in [-0.05, 0) is 62.9 Å². The zero-order valence-corrected chi connectivity index (χ0v) is 20.1. The lowest BCUT2D eigenvalue weighted by Crippen LogP contribution is -2.49. The molecule has 4 rings (SSSR count). The van der Waals surface area contributed by atoms with Crippen molar-refractivity contribution >= 4 is 17.5 Å². The van der Waals surface area contributed by atoms with Crippen LogP contribution in [0.4, 0.5) is 5.69 Å². The first-order valence-corrected chi connectivity index (χ1v) is 12.0. The van der Waals surface area contributed by atoms with Crippen molar-refractivity contribution in [1.82, 2.24) is 29.9 Å². The molecule has 2 N–H and O–H groups in total. The molecule has 0 spiro atoms. The first-order valence-electron chi connectivity index (χ1n) is 12.0. The summed E-state index contributed by atoms with van der Waals surface area (Å²) in [6.07, 6.45) is 9.59. The second kappa shape index (κ2) is 10.6. The molecule has 0 bridgehead atoms. The number of aromatic nitrogens is 5. The molecule has 1 fully saturated rings. The Balaban J connectivity index is 1.52. The van der Waals surface area contributed by atoms with Crippen molar-refractivity contribution < 1.29 is 9.59 Å². The summed E-state index contributed by atoms with van der Waals surface area (Å²) in [6.45, 7) is 3.95. The van der Waals surface area contributed by atoms with Crippen LogP contribution in [0.2, 0.25) is 0 Å². The molecule has 2 aromatic heterocycles. The van der Waals surface area contributed by atoms with Gasteiger partial charge in [0.05, 0.1) is 0 Å². The first-order chi connectivity index (χ1) is 16.4. The van der Waals surface area contributed by atoms with Gasteiger partial charge in [-0.2, -0.15) is 5.10 Å². The summed E-state index contributed by atoms with van der Waals surface area (Å²) in [5, 5.41) is 18.4. The Bertz CT molecular complexity index is 1110. The highest BCUT2D eigenvalue weighted by Gasteiger charge is 2.31. The predicted octanol–water partition coefficient (Wildman–Crippen LogP) is 3.97. The maximum atomic E-state index is 13.4. The van der Waals surface area contributed by atoms with Crippen LogP contribution in [0.25, 0.3) is 11.4 Å². The minimum atomic E-state index is -0.612. The molecule has 1 atom stereocenters. The van der Waals surface area contributed by atoms with Gasteiger partial charge in [0.1, 0.15) is 18.1 Å². The van der Waals surface area contributed by atoms with Gasteiger partial charge in [-0.15, -0.1) is 10.2 Å². The molecule has 2 amide bonds. The molecule has 2 heterocycles. The minimum Gasteiger partial charge on any atom is -0.339 e. The predicted molar refractivity (Wildman–Crippen MR) is 130 cm³/mol. The molecule has 180 valence electrons. The number of hydrogen-bond acceptors (Lipinski definition) is 5. The molecule has 1 aliphatic carbocycles. The number of aryl methyl sites for hydroxylation is 1. The van der Waals surface area contributed by atoms with E-state index in [9.17, 15) is 9.59 Å². The Kier molecular flexibility index (Phi) is 7.40. The second-order valence-electron chi connectivity index (χ2n) is 9.29. The van der Waals surface area contributed by atoms with Crippen molar-refractivity contribution in [3.63, 3.8) is 0 Å². The molecule has 9 heteroatoms. The van der Waals surface area contributed by atoms with Crippen LogP contribution < -0.4 is 10.6 Å². The maximum absolute atomic E-state index is 13.4. The van der Waals surface area contributed by atoms with Gasteiger partial charge in [0, 0.05) is 30.5 Å². The number of rotatable bonds is 7. The van der Waals surface area contributed by atoms with E-state index in [1.165, 1.54) is 12.8 Å². The Morgan fingerprint density at radius 2 is 1.74 bits per heavy atom. The Morgan fingerprint density at radius 3 is 2.35 bits per heavy atom. The number of nitrogens with zero attached hydrogens (tertiary/aromatic N) is 5. The van der Waals surface area contributed by atoms with Gasteiger partial charge in [-0.3, -0.25) is 14.3 Å². The molecule has 1 saturated carbocycles. The average molecular weight is 464 g/mol. The molecule has 1 aromatic carbocycles. The van der Waals surface area contributed by atoms with Crippen LogP contribution in [0.1, 0.15) is 68.9 Å². The topological polar surface area (TPSA) is 107 Å². The summed E-state index contributed by atoms with van der Waals surface area (Å²) >= 11 is 0. The molecule has 0 saturated heterocycles. The number of amides is 2. The molecule has 0 radical (unpaired) electrons. The first kappa shape index (κ1) is 23.7. The lowest BCUT2D eigenvalue weighted by atomic mass is 9.91. The zero-order chi connectivity index (χ0) is 24.1. The van der Waals surface area contributed by atoms with Crippen LogP contribution in [0, 0.1) is 5.92 Å². The summed E-state index contributed by atoms with van der Waals surface area (Å²) in [4.78, 5) is 26.6. The van der Waals surface area contributed by atoms with E-state index >= 15 is 0 Å². The van der Waals surface area contributed by atoms with Crippen molar-refractivity contribution in [3.05, 3.63) is 48.5 Å². The number of carbonyl (C=O) groups excluding carboxylic acids is 2. The van der Waals surface area contributed by atoms with Gasteiger partial charge >= 0.3 is 0 Å². The quantitative estimate of drug-likeness (QED) is 0.516. The van der Waals surface area contributed by atoms with E-state index in [4.69, 9.17) is 0 Å². The molecule has 1 aliphatic rings. The average Bonchev–Trinajstić information content (AvgIpc) is 3.40. The van der Waals surface area contributed by atoms with E-state index in [1.54, 1.807) is 23.3 Å². The van der Waals surface area contributed by atoms with Gasteiger partial charge in [0.25, 0.3) is 5.91 Å². The fraction of sp³-hybridized carbons (Fsp3) is 0.480. The highest BCUT2D eigenvalue weighted by Crippen LogP contribution is 2.27. The third-order valence-corrected chi connectivity index (χ3v) is 6.45. The SMILES string of the molecule is CC(C)n1nccc1C(=O)NC(C(=O)Nc1ccc(-c2nncn2C)cc1)C1CCCCCC1. The Morgan fingerprint density at radius 1 is 1.03 bits per heavy atom. The molecule has 34 heavy (non-hydrogen) atoms. The maximum Gasteiger partial charge on any atom is 0.270 e. The van der Waals surface area contributed by atoms with Crippen molar-refractivity contribution in [2.24, 2.45) is 13.0 Å². The number of carbonyl (C=O) groups is 2. The fourth-order valence-corrected chi connectivity index (χ4v) is 4.63. The van der Waals surface area contributed by atoms with Gasteiger partial charge in [0.2, 0.25) is 5.91 Å². The molecule has 3 aromatic rings. The van der Waals surface area contributed by atoms with Crippen molar-refractivity contribution in [2.75, 3.05) is 5.32 Å². The summed E-state index contributed by atoms with van der Waals surface area (Å²) < 4.78 is 3.52. The van der Waals surface area contributed by atoms with Gasteiger partial charge in [-0.25, -0.2) is 0 Å². The summed E-state index contributed by atoms with van der Waals surface area (Å²) in [5.41, 5.74) is 2.05. The molecule has 1 unspecified atom stereocenters. The van der Waals surface area contributed by atoms with E-state index in [-0.39, 0.29) is 23.8 Å².